The smallest absolute Gasteiger partial charge is 0.262 e. The van der Waals surface area contributed by atoms with Gasteiger partial charge in [-0.1, -0.05) is 46.1 Å². The lowest BCUT2D eigenvalue weighted by Gasteiger charge is -2.18. The molecule has 204 valence electrons. The Morgan fingerprint density at radius 3 is 2.37 bits per heavy atom. The van der Waals surface area contributed by atoms with Gasteiger partial charge < -0.3 is 18.7 Å². The van der Waals surface area contributed by atoms with Crippen molar-refractivity contribution in [2.24, 2.45) is 0 Å². The van der Waals surface area contributed by atoms with Crippen molar-refractivity contribution in [1.82, 2.24) is 0 Å². The number of benzene rings is 2. The fourth-order valence-corrected chi connectivity index (χ4v) is 6.42. The number of hydrogen-bond acceptors (Lipinski definition) is 9. The summed E-state index contributed by atoms with van der Waals surface area (Å²) < 4.78 is 75.2. The molecule has 0 radical (unpaired) electrons. The van der Waals surface area contributed by atoms with Gasteiger partial charge in [0.05, 0.1) is 36.0 Å². The topological polar surface area (TPSA) is 131 Å². The van der Waals surface area contributed by atoms with Gasteiger partial charge in [0.1, 0.15) is 4.70 Å². The first-order valence-electron chi connectivity index (χ1n) is 11.1. The third kappa shape index (κ3) is 7.39. The standard InChI is InChI=1S/C23H21Cl3N2O7S3/c24-15-6-7-21-19(12-15)28(9-3-11-38(32,33)34)23(36-21)5-1-4-22-27(8-2-10-37(29,30)31)18-13-16(25)17(26)14-20(18)35-22/h1,4-7,12-14H,2-3,8-11H2,(H-,29,30,31,32,33,34)/p-1. The van der Waals surface area contributed by atoms with Crippen LogP contribution in [0.1, 0.15) is 17.8 Å². The molecule has 0 bridgehead atoms. The minimum Gasteiger partial charge on any atom is -0.748 e. The predicted molar refractivity (Wildman–Crippen MR) is 147 cm³/mol. The van der Waals surface area contributed by atoms with Gasteiger partial charge in [-0.2, -0.15) is 4.57 Å². The fraction of sp³-hybridized carbons (Fsp3) is 0.261. The summed E-state index contributed by atoms with van der Waals surface area (Å²) in [4.78, 5) is 1.70. The van der Waals surface area contributed by atoms with Crippen molar-refractivity contribution in [3.05, 3.63) is 68.4 Å². The Hall–Kier alpha value is -1.90. The molecule has 1 aliphatic heterocycles. The van der Waals surface area contributed by atoms with Crippen molar-refractivity contribution in [2.45, 2.75) is 19.4 Å². The molecule has 15 heteroatoms. The van der Waals surface area contributed by atoms with Crippen LogP contribution in [-0.2, 0) is 26.8 Å². The third-order valence-electron chi connectivity index (χ3n) is 5.50. The van der Waals surface area contributed by atoms with Gasteiger partial charge in [0, 0.05) is 47.7 Å². The molecule has 0 aliphatic carbocycles. The Bertz CT molecular complexity index is 1650. The summed E-state index contributed by atoms with van der Waals surface area (Å²) in [5.41, 5.74) is 1.38. The molecule has 0 atom stereocenters. The van der Waals surface area contributed by atoms with Gasteiger partial charge >= 0.3 is 0 Å². The maximum absolute atomic E-state index is 11.1. The monoisotopic (exact) mass is 637 g/mol. The van der Waals surface area contributed by atoms with Crippen LogP contribution in [0, 0.1) is 0 Å². The van der Waals surface area contributed by atoms with E-state index in [4.69, 9.17) is 39.5 Å². The number of halogens is 3. The summed E-state index contributed by atoms with van der Waals surface area (Å²) in [6.45, 7) is 0.462. The van der Waals surface area contributed by atoms with E-state index < -0.39 is 31.7 Å². The number of hydrogen-bond donors (Lipinski definition) is 0. The number of thiazole rings is 1. The Balaban J connectivity index is 1.64. The molecule has 1 aliphatic rings. The highest BCUT2D eigenvalue weighted by atomic mass is 35.5. The zero-order valence-electron chi connectivity index (χ0n) is 19.5. The molecule has 0 saturated carbocycles. The summed E-state index contributed by atoms with van der Waals surface area (Å²) in [6.07, 6.45) is 5.37. The second kappa shape index (κ2) is 11.7. The van der Waals surface area contributed by atoms with Crippen molar-refractivity contribution in [3.63, 3.8) is 0 Å². The van der Waals surface area contributed by atoms with E-state index >= 15 is 0 Å². The zero-order chi connectivity index (χ0) is 27.7. The van der Waals surface area contributed by atoms with Crippen molar-refractivity contribution < 1.29 is 35.2 Å². The molecule has 3 aromatic rings. The number of allylic oxidation sites excluding steroid dienone is 2. The first-order chi connectivity index (χ1) is 17.8. The van der Waals surface area contributed by atoms with E-state index in [0.717, 1.165) is 15.2 Å². The molecule has 0 N–H and O–H groups in total. The van der Waals surface area contributed by atoms with Gasteiger partial charge in [0.15, 0.2) is 12.3 Å². The number of anilines is 1. The Morgan fingerprint density at radius 2 is 1.66 bits per heavy atom. The largest absolute Gasteiger partial charge is 0.748 e. The lowest BCUT2D eigenvalue weighted by Crippen LogP contribution is -2.36. The highest BCUT2D eigenvalue weighted by Gasteiger charge is 2.27. The van der Waals surface area contributed by atoms with Gasteiger partial charge in [0.2, 0.25) is 11.4 Å². The molecular formula is C23H20Cl3N2O7S3-. The SMILES string of the molecule is O=S(=O)([O-])CCCN1C(=CC=Cc2sc3ccc(Cl)cc3[n+]2CCCS(=O)(=O)[O-])Oc2cc(Cl)c(Cl)cc21. The van der Waals surface area contributed by atoms with Crippen LogP contribution in [0.3, 0.4) is 0 Å². The van der Waals surface area contributed by atoms with Crippen molar-refractivity contribution in [2.75, 3.05) is 23.0 Å². The predicted octanol–water partition coefficient (Wildman–Crippen LogP) is 4.77. The van der Waals surface area contributed by atoms with E-state index in [9.17, 15) is 25.9 Å². The minimum absolute atomic E-state index is 0.0651. The molecule has 9 nitrogen and oxygen atoms in total. The average Bonchev–Trinajstić information content (AvgIpc) is 3.30. The van der Waals surface area contributed by atoms with Crippen LogP contribution < -0.4 is 14.2 Å². The normalized spacial score (nSPS) is 15.1. The van der Waals surface area contributed by atoms with E-state index in [2.05, 4.69) is 0 Å². The lowest BCUT2D eigenvalue weighted by atomic mass is 10.2. The third-order valence-corrected chi connectivity index (χ3v) is 9.16. The van der Waals surface area contributed by atoms with E-state index in [1.165, 1.54) is 11.3 Å². The van der Waals surface area contributed by atoms with Crippen LogP contribution in [0.4, 0.5) is 5.69 Å². The van der Waals surface area contributed by atoms with E-state index in [1.807, 2.05) is 10.6 Å². The van der Waals surface area contributed by atoms with Gasteiger partial charge in [-0.25, -0.2) is 16.8 Å². The van der Waals surface area contributed by atoms with Crippen LogP contribution in [0.25, 0.3) is 16.3 Å². The molecular weight excluding hydrogens is 619 g/mol. The van der Waals surface area contributed by atoms with Gasteiger partial charge in [-0.05, 0) is 36.8 Å². The quantitative estimate of drug-likeness (QED) is 0.229. The zero-order valence-corrected chi connectivity index (χ0v) is 24.2. The molecule has 0 unspecified atom stereocenters. The Kier molecular flexibility index (Phi) is 8.95. The van der Waals surface area contributed by atoms with Crippen LogP contribution in [0.15, 0.2) is 48.4 Å². The molecule has 0 saturated heterocycles. The van der Waals surface area contributed by atoms with E-state index in [1.54, 1.807) is 47.4 Å². The number of ether oxygens (including phenoxy) is 1. The van der Waals surface area contributed by atoms with Gasteiger partial charge in [0.25, 0.3) is 5.01 Å². The molecule has 0 fully saturated rings. The van der Waals surface area contributed by atoms with Crippen molar-refractivity contribution in [1.29, 1.82) is 0 Å². The number of rotatable bonds is 10. The first kappa shape index (κ1) is 29.1. The van der Waals surface area contributed by atoms with E-state index in [-0.39, 0.29) is 36.0 Å². The van der Waals surface area contributed by atoms with E-state index in [0.29, 0.717) is 22.3 Å². The molecule has 0 amide bonds. The lowest BCUT2D eigenvalue weighted by molar-refractivity contribution is -0.668. The number of fused-ring (bicyclic) bond motifs is 2. The second-order valence-corrected chi connectivity index (χ2v) is 13.6. The average molecular weight is 639 g/mol. The number of aryl methyl sites for hydroxylation is 1. The molecule has 0 spiro atoms. The molecule has 1 aromatic heterocycles. The summed E-state index contributed by atoms with van der Waals surface area (Å²) in [6, 6.07) is 8.53. The fourth-order valence-electron chi connectivity index (χ4n) is 3.89. The van der Waals surface area contributed by atoms with Crippen molar-refractivity contribution >= 4 is 88.4 Å². The number of nitrogens with zero attached hydrogens (tertiary/aromatic N) is 2. The highest BCUT2D eigenvalue weighted by molar-refractivity contribution is 7.85. The molecule has 2 aromatic carbocycles. The second-order valence-electron chi connectivity index (χ2n) is 8.29. The summed E-state index contributed by atoms with van der Waals surface area (Å²) in [7, 11) is -8.73. The molecule has 38 heavy (non-hydrogen) atoms. The van der Waals surface area contributed by atoms with Crippen molar-refractivity contribution in [3.8, 4) is 5.75 Å². The molecule has 2 heterocycles. The highest BCUT2D eigenvalue weighted by Crippen LogP contribution is 2.43. The maximum Gasteiger partial charge on any atom is 0.262 e. The maximum atomic E-state index is 11.1. The summed E-state index contributed by atoms with van der Waals surface area (Å²) in [5.74, 6) is -0.233. The van der Waals surface area contributed by atoms with Gasteiger partial charge in [-0.3, -0.25) is 0 Å². The van der Waals surface area contributed by atoms with Gasteiger partial charge in [-0.15, -0.1) is 0 Å². The number of aromatic nitrogens is 1. The summed E-state index contributed by atoms with van der Waals surface area (Å²) in [5, 5.41) is 1.86. The summed E-state index contributed by atoms with van der Waals surface area (Å²) >= 11 is 19.9. The minimum atomic E-state index is -4.38. The Morgan fingerprint density at radius 1 is 0.974 bits per heavy atom. The Labute approximate surface area is 239 Å². The van der Waals surface area contributed by atoms with Crippen LogP contribution in [0.5, 0.6) is 5.75 Å². The first-order valence-corrected chi connectivity index (χ1v) is 16.2. The molecule has 4 rings (SSSR count). The van der Waals surface area contributed by atoms with Crippen LogP contribution in [-0.4, -0.2) is 44.0 Å². The van der Waals surface area contributed by atoms with Crippen LogP contribution >= 0.6 is 46.1 Å². The van der Waals surface area contributed by atoms with Crippen LogP contribution in [0.2, 0.25) is 15.1 Å².